The van der Waals surface area contributed by atoms with Crippen LogP contribution in [0.1, 0.15) is 45.0 Å². The molecule has 0 unspecified atom stereocenters. The zero-order chi connectivity index (χ0) is 20.4. The van der Waals surface area contributed by atoms with E-state index in [-0.39, 0.29) is 5.91 Å². The van der Waals surface area contributed by atoms with Crippen LogP contribution in [-0.4, -0.2) is 35.5 Å². The molecular formula is C24H29N3OS. The quantitative estimate of drug-likeness (QED) is 0.570. The van der Waals surface area contributed by atoms with Gasteiger partial charge in [-0.3, -0.25) is 4.79 Å². The van der Waals surface area contributed by atoms with E-state index in [1.54, 1.807) is 11.3 Å². The largest absolute Gasteiger partial charge is 0.371 e. The monoisotopic (exact) mass is 407 g/mol. The third-order valence-corrected chi connectivity index (χ3v) is 6.75. The molecule has 152 valence electrons. The van der Waals surface area contributed by atoms with Crippen molar-refractivity contribution in [1.29, 1.82) is 0 Å². The first-order valence-electron chi connectivity index (χ1n) is 10.3. The third-order valence-electron chi connectivity index (χ3n) is 5.89. The Labute approximate surface area is 177 Å². The second kappa shape index (κ2) is 8.46. The van der Waals surface area contributed by atoms with Crippen molar-refractivity contribution in [3.8, 4) is 0 Å². The van der Waals surface area contributed by atoms with E-state index in [4.69, 9.17) is 0 Å². The maximum atomic E-state index is 13.3. The van der Waals surface area contributed by atoms with Gasteiger partial charge in [-0.1, -0.05) is 24.3 Å². The number of para-hydroxylation sites is 1. The molecular weight excluding hydrogens is 378 g/mol. The first-order valence-corrected chi connectivity index (χ1v) is 11.2. The molecule has 0 saturated carbocycles. The lowest BCUT2D eigenvalue weighted by Crippen LogP contribution is -2.28. The summed E-state index contributed by atoms with van der Waals surface area (Å²) >= 11 is 1.75. The zero-order valence-electron chi connectivity index (χ0n) is 17.5. The van der Waals surface area contributed by atoms with Crippen LogP contribution in [0.5, 0.6) is 0 Å². The van der Waals surface area contributed by atoms with Crippen molar-refractivity contribution in [3.63, 3.8) is 0 Å². The molecule has 0 radical (unpaired) electrons. The van der Waals surface area contributed by atoms with Crippen molar-refractivity contribution < 1.29 is 4.79 Å². The number of carbonyl (C=O) groups excluding carboxylic acids is 1. The van der Waals surface area contributed by atoms with Crippen LogP contribution in [0.15, 0.2) is 47.8 Å². The summed E-state index contributed by atoms with van der Waals surface area (Å²) in [4.78, 5) is 18.9. The third kappa shape index (κ3) is 4.10. The maximum absolute atomic E-state index is 13.3. The highest BCUT2D eigenvalue weighted by molar-refractivity contribution is 7.09. The van der Waals surface area contributed by atoms with E-state index in [0.29, 0.717) is 6.54 Å². The predicted octanol–water partition coefficient (Wildman–Crippen LogP) is 5.09. The van der Waals surface area contributed by atoms with Crippen LogP contribution in [0.4, 0.5) is 5.69 Å². The fraction of sp³-hybridized carbons (Fsp3) is 0.375. The van der Waals surface area contributed by atoms with Gasteiger partial charge in [0.1, 0.15) is 0 Å². The summed E-state index contributed by atoms with van der Waals surface area (Å²) < 4.78 is 2.24. The molecule has 1 amide bonds. The highest BCUT2D eigenvalue weighted by Crippen LogP contribution is 2.26. The van der Waals surface area contributed by atoms with E-state index < -0.39 is 0 Å². The van der Waals surface area contributed by atoms with E-state index in [2.05, 4.69) is 65.1 Å². The van der Waals surface area contributed by atoms with Crippen LogP contribution in [0, 0.1) is 13.8 Å². The second-order valence-corrected chi connectivity index (χ2v) is 8.97. The number of nitrogens with zero attached hydrogens (tertiary/aromatic N) is 3. The first kappa shape index (κ1) is 19.8. The number of benzene rings is 1. The van der Waals surface area contributed by atoms with Crippen molar-refractivity contribution in [2.24, 2.45) is 0 Å². The summed E-state index contributed by atoms with van der Waals surface area (Å²) in [6.45, 7) is 7.81. The topological polar surface area (TPSA) is 28.5 Å². The molecule has 0 atom stereocenters. The van der Waals surface area contributed by atoms with Gasteiger partial charge < -0.3 is 14.4 Å². The molecule has 3 aromatic rings. The highest BCUT2D eigenvalue weighted by Gasteiger charge is 2.21. The Morgan fingerprint density at radius 3 is 2.59 bits per heavy atom. The van der Waals surface area contributed by atoms with Gasteiger partial charge in [-0.25, -0.2) is 0 Å². The molecule has 4 rings (SSSR count). The molecule has 0 N–H and O–H groups in total. The number of aryl methyl sites for hydroxylation is 1. The predicted molar refractivity (Wildman–Crippen MR) is 121 cm³/mol. The van der Waals surface area contributed by atoms with Gasteiger partial charge >= 0.3 is 0 Å². The maximum Gasteiger partial charge on any atom is 0.255 e. The lowest BCUT2D eigenvalue weighted by Gasteiger charge is -2.24. The minimum atomic E-state index is 0.0896. The van der Waals surface area contributed by atoms with Gasteiger partial charge in [0.25, 0.3) is 5.91 Å². The molecule has 4 nitrogen and oxygen atoms in total. The van der Waals surface area contributed by atoms with Gasteiger partial charge in [0.2, 0.25) is 0 Å². The van der Waals surface area contributed by atoms with Crippen molar-refractivity contribution in [2.75, 3.05) is 25.0 Å². The molecule has 3 heterocycles. The fourth-order valence-electron chi connectivity index (χ4n) is 4.26. The molecule has 1 saturated heterocycles. The van der Waals surface area contributed by atoms with Crippen LogP contribution in [0.2, 0.25) is 0 Å². The van der Waals surface area contributed by atoms with E-state index >= 15 is 0 Å². The molecule has 0 aliphatic carbocycles. The Morgan fingerprint density at radius 1 is 1.10 bits per heavy atom. The van der Waals surface area contributed by atoms with E-state index in [1.807, 2.05) is 18.0 Å². The minimum absolute atomic E-state index is 0.0896. The average molecular weight is 408 g/mol. The zero-order valence-corrected chi connectivity index (χ0v) is 18.3. The number of aromatic nitrogens is 1. The summed E-state index contributed by atoms with van der Waals surface area (Å²) in [5, 5.41) is 2.10. The van der Waals surface area contributed by atoms with Crippen molar-refractivity contribution in [2.45, 2.75) is 39.8 Å². The lowest BCUT2D eigenvalue weighted by molar-refractivity contribution is 0.0784. The van der Waals surface area contributed by atoms with Crippen molar-refractivity contribution in [3.05, 3.63) is 75.2 Å². The van der Waals surface area contributed by atoms with Crippen LogP contribution in [0.3, 0.4) is 0 Å². The average Bonchev–Trinajstić information content (AvgIpc) is 3.47. The Hall–Kier alpha value is -2.53. The van der Waals surface area contributed by atoms with Crippen molar-refractivity contribution in [1.82, 2.24) is 9.47 Å². The molecule has 0 spiro atoms. The van der Waals surface area contributed by atoms with Gasteiger partial charge in [-0.15, -0.1) is 11.3 Å². The number of rotatable bonds is 6. The molecule has 1 aromatic carbocycles. The molecule has 1 aliphatic rings. The van der Waals surface area contributed by atoms with Crippen LogP contribution >= 0.6 is 11.3 Å². The molecule has 1 aliphatic heterocycles. The summed E-state index contributed by atoms with van der Waals surface area (Å²) in [5.74, 6) is 0.0896. The fourth-order valence-corrected chi connectivity index (χ4v) is 4.96. The summed E-state index contributed by atoms with van der Waals surface area (Å²) in [7, 11) is 1.91. The minimum Gasteiger partial charge on any atom is -0.371 e. The molecule has 5 heteroatoms. The second-order valence-electron chi connectivity index (χ2n) is 7.93. The standard InChI is InChI=1S/C24H29N3OS/c1-18-15-22(19(2)27(18)17-21-10-8-14-29-21)24(28)25(3)16-20-9-4-5-11-23(20)26-12-6-7-13-26/h4-5,8-11,14-15H,6-7,12-13,16-17H2,1-3H3. The lowest BCUT2D eigenvalue weighted by atomic mass is 10.1. The Bertz CT molecular complexity index is 984. The summed E-state index contributed by atoms with van der Waals surface area (Å²) in [5.41, 5.74) is 5.47. The van der Waals surface area contributed by atoms with Gasteiger partial charge in [-0.05, 0) is 55.8 Å². The number of carbonyl (C=O) groups is 1. The first-order chi connectivity index (χ1) is 14.0. The number of thiophene rings is 1. The van der Waals surface area contributed by atoms with Gasteiger partial charge in [0, 0.05) is 48.6 Å². The van der Waals surface area contributed by atoms with Crippen molar-refractivity contribution >= 4 is 22.9 Å². The van der Waals surface area contributed by atoms with Crippen LogP contribution < -0.4 is 4.90 Å². The summed E-state index contributed by atoms with van der Waals surface area (Å²) in [6, 6.07) is 14.8. The molecule has 1 fully saturated rings. The normalized spacial score (nSPS) is 13.8. The molecule has 0 bridgehead atoms. The van der Waals surface area contributed by atoms with Gasteiger partial charge in [-0.2, -0.15) is 0 Å². The number of anilines is 1. The SMILES string of the molecule is Cc1cc(C(=O)N(C)Cc2ccccc2N2CCCC2)c(C)n1Cc1cccs1. The van der Waals surface area contributed by atoms with E-state index in [9.17, 15) is 4.79 Å². The Balaban J connectivity index is 1.53. The molecule has 29 heavy (non-hydrogen) atoms. The number of hydrogen-bond acceptors (Lipinski definition) is 3. The summed E-state index contributed by atoms with van der Waals surface area (Å²) in [6.07, 6.45) is 2.50. The molecule has 2 aromatic heterocycles. The van der Waals surface area contributed by atoms with Crippen LogP contribution in [0.25, 0.3) is 0 Å². The van der Waals surface area contributed by atoms with E-state index in [0.717, 1.165) is 36.6 Å². The highest BCUT2D eigenvalue weighted by atomic mass is 32.1. The van der Waals surface area contributed by atoms with Crippen LogP contribution in [-0.2, 0) is 13.1 Å². The number of amides is 1. The van der Waals surface area contributed by atoms with E-state index in [1.165, 1.54) is 29.0 Å². The Morgan fingerprint density at radius 2 is 1.86 bits per heavy atom. The smallest absolute Gasteiger partial charge is 0.255 e. The van der Waals surface area contributed by atoms with Gasteiger partial charge in [0.15, 0.2) is 0 Å². The van der Waals surface area contributed by atoms with Gasteiger partial charge in [0.05, 0.1) is 12.1 Å². The number of hydrogen-bond donors (Lipinski definition) is 0. The Kier molecular flexibility index (Phi) is 5.76.